The average Bonchev–Trinajstić information content (AvgIpc) is 3.33. The Morgan fingerprint density at radius 2 is 1.62 bits per heavy atom. The predicted molar refractivity (Wildman–Crippen MR) is 171 cm³/mol. The summed E-state index contributed by atoms with van der Waals surface area (Å²) in [7, 11) is 4.59. The number of rotatable bonds is 14. The highest BCUT2D eigenvalue weighted by molar-refractivity contribution is 6.26. The first-order chi connectivity index (χ1) is 21.6. The predicted octanol–water partition coefficient (Wildman–Crippen LogP) is 5.23. The summed E-state index contributed by atoms with van der Waals surface area (Å²) >= 11 is 0. The molecule has 9 nitrogen and oxygen atoms in total. The van der Waals surface area contributed by atoms with Crippen molar-refractivity contribution in [2.75, 3.05) is 27.9 Å². The molecule has 1 aliphatic rings. The first kappa shape index (κ1) is 32.9. The van der Waals surface area contributed by atoms with Crippen LogP contribution in [0.15, 0.2) is 79.5 Å². The van der Waals surface area contributed by atoms with Crippen molar-refractivity contribution in [3.63, 3.8) is 0 Å². The molecular weight excluding hydrogens is 577 g/mol. The van der Waals surface area contributed by atoms with E-state index in [0.717, 1.165) is 16.8 Å². The third-order valence-corrected chi connectivity index (χ3v) is 7.86. The highest BCUT2D eigenvalue weighted by Crippen LogP contribution is 2.45. The van der Waals surface area contributed by atoms with Crippen LogP contribution >= 0.6 is 0 Å². The topological polar surface area (TPSA) is 94.2 Å². The summed E-state index contributed by atoms with van der Waals surface area (Å²) in [4.78, 5) is 40.2. The molecule has 236 valence electrons. The molecule has 2 unspecified atom stereocenters. The number of fused-ring (bicyclic) bond motifs is 1. The third kappa shape index (κ3) is 6.76. The van der Waals surface area contributed by atoms with Crippen LogP contribution in [0.5, 0.6) is 17.2 Å². The van der Waals surface area contributed by atoms with Crippen molar-refractivity contribution < 1.29 is 33.0 Å². The van der Waals surface area contributed by atoms with Gasteiger partial charge >= 0.3 is 0 Å². The number of carbonyl (C=O) groups excluding carboxylic acids is 3. The van der Waals surface area contributed by atoms with Gasteiger partial charge in [0.25, 0.3) is 11.8 Å². The second-order valence-electron chi connectivity index (χ2n) is 11.1. The van der Waals surface area contributed by atoms with Gasteiger partial charge in [0.2, 0.25) is 12.0 Å². The summed E-state index contributed by atoms with van der Waals surface area (Å²) in [5.74, 6) is -0.194. The molecular formula is C35H39FN3O6+. The van der Waals surface area contributed by atoms with Gasteiger partial charge in [-0.2, -0.15) is 0 Å². The van der Waals surface area contributed by atoms with Gasteiger partial charge in [-0.05, 0) is 35.9 Å². The first-order valence-corrected chi connectivity index (χ1v) is 14.5. The molecule has 2 atom stereocenters. The number of hydrogen-bond acceptors (Lipinski definition) is 6. The largest absolute Gasteiger partial charge is 0.493 e. The van der Waals surface area contributed by atoms with Crippen molar-refractivity contribution in [1.29, 1.82) is 0 Å². The zero-order valence-electron chi connectivity index (χ0n) is 26.2. The van der Waals surface area contributed by atoms with Crippen molar-refractivity contribution in [3.8, 4) is 17.2 Å². The normalized spacial score (nSPS) is 15.8. The van der Waals surface area contributed by atoms with Crippen LogP contribution in [0.3, 0.4) is 0 Å². The minimum atomic E-state index is -0.805. The maximum atomic E-state index is 14.9. The van der Waals surface area contributed by atoms with E-state index >= 15 is 0 Å². The minimum Gasteiger partial charge on any atom is -0.493 e. The van der Waals surface area contributed by atoms with Gasteiger partial charge in [-0.3, -0.25) is 14.4 Å². The van der Waals surface area contributed by atoms with E-state index in [9.17, 15) is 18.8 Å². The Kier molecular flexibility index (Phi) is 10.4. The quantitative estimate of drug-likeness (QED) is 0.116. The third-order valence-electron chi connectivity index (χ3n) is 7.86. The number of ether oxygens (including phenoxy) is 3. The number of para-hydroxylation sites is 1. The molecule has 3 aromatic carbocycles. The lowest BCUT2D eigenvalue weighted by molar-refractivity contribution is -0.137. The van der Waals surface area contributed by atoms with Crippen LogP contribution in [-0.4, -0.2) is 56.9 Å². The first-order valence-electron chi connectivity index (χ1n) is 14.5. The van der Waals surface area contributed by atoms with Gasteiger partial charge in [0.1, 0.15) is 29.9 Å². The number of amides is 2. The fourth-order valence-electron chi connectivity index (χ4n) is 6.08. The van der Waals surface area contributed by atoms with E-state index in [2.05, 4.69) is 11.9 Å². The smallest absolute Gasteiger partial charge is 0.288 e. The maximum absolute atomic E-state index is 14.9. The fraction of sp³-hybridized carbons (Fsp3) is 0.286. The fourth-order valence-corrected chi connectivity index (χ4v) is 6.08. The Morgan fingerprint density at radius 3 is 2.18 bits per heavy atom. The van der Waals surface area contributed by atoms with Gasteiger partial charge in [-0.1, -0.05) is 44.2 Å². The number of nitrogens with one attached hydrogen (secondary N) is 1. The molecule has 0 spiro atoms. The Hall–Kier alpha value is -4.96. The Morgan fingerprint density at radius 1 is 0.978 bits per heavy atom. The number of nitrogens with zero attached hydrogens (tertiary/aromatic N) is 2. The Bertz CT molecular complexity index is 1580. The van der Waals surface area contributed by atoms with Crippen LogP contribution in [-0.2, 0) is 27.5 Å². The molecule has 0 aromatic heterocycles. The van der Waals surface area contributed by atoms with Crippen LogP contribution in [0.25, 0.3) is 5.70 Å². The zero-order valence-corrected chi connectivity index (χ0v) is 26.2. The van der Waals surface area contributed by atoms with Crippen molar-refractivity contribution in [1.82, 2.24) is 14.7 Å². The molecule has 10 heteroatoms. The van der Waals surface area contributed by atoms with E-state index in [1.807, 2.05) is 44.3 Å². The molecule has 0 saturated carbocycles. The average molecular weight is 617 g/mol. The summed E-state index contributed by atoms with van der Waals surface area (Å²) in [5.41, 5.74) is 3.41. The molecule has 0 aliphatic carbocycles. The van der Waals surface area contributed by atoms with Crippen molar-refractivity contribution in [2.45, 2.75) is 33.0 Å². The number of halogens is 1. The van der Waals surface area contributed by atoms with E-state index in [1.54, 1.807) is 35.2 Å². The second-order valence-corrected chi connectivity index (χ2v) is 11.1. The van der Waals surface area contributed by atoms with Crippen molar-refractivity contribution in [2.24, 2.45) is 5.92 Å². The standard InChI is InChI=1S/C35H38FN3O6/c1-7-16-38(19-25-17-30(43-4)34(45-6)31(18-25)44-5)35(42)33(23(2)3)39(20-24-12-14-26(36)15-13-24)21-28(37-32(41)22-40)27-10-8-9-11-29(27)39/h7-15,17-18,21-23,33H,1,16,19-20H2,2-6H3/p+1. The minimum absolute atomic E-state index is 0.00429. The van der Waals surface area contributed by atoms with Crippen LogP contribution in [0, 0.1) is 11.7 Å². The number of methoxy groups -OCH3 is 3. The summed E-state index contributed by atoms with van der Waals surface area (Å²) < 4.78 is 30.5. The summed E-state index contributed by atoms with van der Waals surface area (Å²) in [6.45, 7) is 8.58. The number of carbonyl (C=O) groups is 3. The van der Waals surface area contributed by atoms with Gasteiger partial charge in [-0.25, -0.2) is 8.87 Å². The summed E-state index contributed by atoms with van der Waals surface area (Å²) in [6.07, 6.45) is 3.70. The number of aldehydes is 1. The second kappa shape index (κ2) is 14.2. The van der Waals surface area contributed by atoms with E-state index in [-0.39, 0.29) is 48.0 Å². The molecule has 3 aromatic rings. The van der Waals surface area contributed by atoms with Gasteiger partial charge in [-0.15, -0.1) is 6.58 Å². The Labute approximate surface area is 263 Å². The van der Waals surface area contributed by atoms with Crippen molar-refractivity contribution in [3.05, 3.63) is 102 Å². The monoisotopic (exact) mass is 616 g/mol. The Balaban J connectivity index is 1.88. The van der Waals surface area contributed by atoms with Crippen LogP contribution in [0.2, 0.25) is 0 Å². The summed E-state index contributed by atoms with van der Waals surface area (Å²) in [5, 5.41) is 2.70. The molecule has 4 rings (SSSR count). The lowest BCUT2D eigenvalue weighted by Gasteiger charge is -2.42. The van der Waals surface area contributed by atoms with Gasteiger partial charge in [0.15, 0.2) is 17.5 Å². The number of quaternary nitrogens is 1. The number of hydrogen-bond donors (Lipinski definition) is 1. The summed E-state index contributed by atoms with van der Waals surface area (Å²) in [6, 6.07) is 16.5. The molecule has 0 fully saturated rings. The highest BCUT2D eigenvalue weighted by Gasteiger charge is 2.51. The molecule has 0 bridgehead atoms. The molecule has 0 saturated heterocycles. The number of benzene rings is 3. The van der Waals surface area contributed by atoms with E-state index in [1.165, 1.54) is 33.5 Å². The SMILES string of the molecule is C=CCN(Cc1cc(OC)c(OC)c(OC)c1)C(=O)C(C(C)C)[N+]1(Cc2ccc(F)cc2)C=C(NC(=O)C=O)c2ccccc21. The molecule has 0 radical (unpaired) electrons. The lowest BCUT2D eigenvalue weighted by atomic mass is 9.95. The maximum Gasteiger partial charge on any atom is 0.288 e. The van der Waals surface area contributed by atoms with E-state index < -0.39 is 11.9 Å². The van der Waals surface area contributed by atoms with Gasteiger partial charge in [0, 0.05) is 30.6 Å². The lowest BCUT2D eigenvalue weighted by Crippen LogP contribution is -2.60. The van der Waals surface area contributed by atoms with Gasteiger partial charge in [0.05, 0.1) is 26.9 Å². The molecule has 2 amide bonds. The van der Waals surface area contributed by atoms with Gasteiger partial charge < -0.3 is 24.4 Å². The van der Waals surface area contributed by atoms with E-state index in [4.69, 9.17) is 14.2 Å². The molecule has 1 aliphatic heterocycles. The van der Waals surface area contributed by atoms with Crippen LogP contribution in [0.1, 0.15) is 30.5 Å². The van der Waals surface area contributed by atoms with Crippen LogP contribution in [0.4, 0.5) is 10.1 Å². The molecule has 1 heterocycles. The zero-order chi connectivity index (χ0) is 32.7. The highest BCUT2D eigenvalue weighted by atomic mass is 19.1. The molecule has 1 N–H and O–H groups in total. The van der Waals surface area contributed by atoms with Crippen LogP contribution < -0.4 is 24.0 Å². The van der Waals surface area contributed by atoms with E-state index in [0.29, 0.717) is 28.5 Å². The molecule has 45 heavy (non-hydrogen) atoms. The van der Waals surface area contributed by atoms with Crippen molar-refractivity contribution >= 4 is 29.5 Å².